The van der Waals surface area contributed by atoms with Gasteiger partial charge in [-0.25, -0.2) is 0 Å². The maximum atomic E-state index is 14.0. The van der Waals surface area contributed by atoms with E-state index in [4.69, 9.17) is 0 Å². The summed E-state index contributed by atoms with van der Waals surface area (Å²) in [6.45, 7) is 12.3. The highest BCUT2D eigenvalue weighted by molar-refractivity contribution is 7.99. The quantitative estimate of drug-likeness (QED) is 0.399. The number of nitrogens with zero attached hydrogens (tertiary/aromatic N) is 3. The number of hydrogen-bond donors (Lipinski definition) is 0. The van der Waals surface area contributed by atoms with E-state index in [2.05, 4.69) is 61.8 Å². The lowest BCUT2D eigenvalue weighted by Gasteiger charge is -2.38. The maximum absolute atomic E-state index is 14.0. The third-order valence-corrected chi connectivity index (χ3v) is 7.16. The van der Waals surface area contributed by atoms with Crippen LogP contribution >= 0.6 is 11.8 Å². The van der Waals surface area contributed by atoms with Crippen molar-refractivity contribution in [2.24, 2.45) is 0 Å². The van der Waals surface area contributed by atoms with Gasteiger partial charge in [-0.15, -0.1) is 0 Å². The number of amides is 1. The van der Waals surface area contributed by atoms with Gasteiger partial charge in [-0.3, -0.25) is 9.69 Å². The van der Waals surface area contributed by atoms with Crippen molar-refractivity contribution in [3.63, 3.8) is 0 Å². The molecule has 32 heavy (non-hydrogen) atoms. The van der Waals surface area contributed by atoms with Gasteiger partial charge in [-0.2, -0.15) is 0 Å². The maximum Gasteiger partial charge on any atom is 0.262 e. The van der Waals surface area contributed by atoms with Gasteiger partial charge in [0.15, 0.2) is 0 Å². The van der Waals surface area contributed by atoms with Crippen LogP contribution in [0, 0.1) is 0 Å². The number of anilines is 4. The van der Waals surface area contributed by atoms with E-state index in [0.29, 0.717) is 5.56 Å². The lowest BCUT2D eigenvalue weighted by Crippen LogP contribution is -2.34. The lowest BCUT2D eigenvalue weighted by atomic mass is 10.1. The van der Waals surface area contributed by atoms with Crippen molar-refractivity contribution < 1.29 is 4.79 Å². The zero-order valence-corrected chi connectivity index (χ0v) is 20.2. The number of hydrogen-bond acceptors (Lipinski definition) is 4. The Balaban J connectivity index is 2.02. The first-order valence-corrected chi connectivity index (χ1v) is 12.3. The minimum absolute atomic E-state index is 0.00435. The Hall–Kier alpha value is -2.92. The molecule has 4 rings (SSSR count). The molecule has 166 valence electrons. The average Bonchev–Trinajstić information content (AvgIpc) is 2.85. The highest BCUT2D eigenvalue weighted by Crippen LogP contribution is 2.54. The monoisotopic (exact) mass is 445 g/mol. The predicted octanol–water partition coefficient (Wildman–Crippen LogP) is 6.82. The van der Waals surface area contributed by atoms with Crippen molar-refractivity contribution in [3.8, 4) is 0 Å². The second-order valence-electron chi connectivity index (χ2n) is 7.70. The van der Waals surface area contributed by atoms with Gasteiger partial charge in [0.25, 0.3) is 5.91 Å². The molecule has 0 unspecified atom stereocenters. The molecule has 0 bridgehead atoms. The van der Waals surface area contributed by atoms with Crippen LogP contribution in [0.2, 0.25) is 0 Å². The predicted molar refractivity (Wildman–Crippen MR) is 137 cm³/mol. The van der Waals surface area contributed by atoms with Crippen LogP contribution in [0.15, 0.2) is 76.5 Å². The Morgan fingerprint density at radius 3 is 2.03 bits per heavy atom. The molecule has 3 aromatic rings. The van der Waals surface area contributed by atoms with Crippen molar-refractivity contribution >= 4 is 40.4 Å². The number of para-hydroxylation sites is 1. The topological polar surface area (TPSA) is 26.8 Å². The smallest absolute Gasteiger partial charge is 0.262 e. The SMILES string of the molecule is CCN(CC)c1ccc2c(c1N(CC)CC)N(C(=O)c1ccccc1)c1ccccc1S2. The second kappa shape index (κ2) is 9.70. The van der Waals surface area contributed by atoms with E-state index in [9.17, 15) is 4.79 Å². The Morgan fingerprint density at radius 2 is 1.38 bits per heavy atom. The summed E-state index contributed by atoms with van der Waals surface area (Å²) in [5.41, 5.74) is 4.96. The number of carbonyl (C=O) groups is 1. The average molecular weight is 446 g/mol. The first kappa shape index (κ1) is 22.3. The van der Waals surface area contributed by atoms with Crippen molar-refractivity contribution in [1.82, 2.24) is 0 Å². The lowest BCUT2D eigenvalue weighted by molar-refractivity contribution is 0.0998. The molecule has 1 aliphatic rings. The molecular weight excluding hydrogens is 414 g/mol. The third-order valence-electron chi connectivity index (χ3n) is 6.05. The Morgan fingerprint density at radius 1 is 0.750 bits per heavy atom. The normalized spacial score (nSPS) is 12.2. The fraction of sp³-hybridized carbons (Fsp3) is 0.296. The van der Waals surface area contributed by atoms with E-state index in [1.165, 1.54) is 5.69 Å². The Bertz CT molecular complexity index is 1090. The van der Waals surface area contributed by atoms with E-state index < -0.39 is 0 Å². The molecule has 5 heteroatoms. The molecule has 0 saturated carbocycles. The highest BCUT2D eigenvalue weighted by atomic mass is 32.2. The third kappa shape index (κ3) is 3.86. The van der Waals surface area contributed by atoms with E-state index in [1.54, 1.807) is 11.8 Å². The molecule has 4 nitrogen and oxygen atoms in total. The Kier molecular flexibility index (Phi) is 6.75. The van der Waals surface area contributed by atoms with Crippen molar-refractivity contribution in [2.45, 2.75) is 37.5 Å². The molecule has 1 heterocycles. The van der Waals surface area contributed by atoms with Crippen LogP contribution in [-0.4, -0.2) is 32.1 Å². The number of fused-ring (bicyclic) bond motifs is 2. The van der Waals surface area contributed by atoms with Crippen LogP contribution in [0.25, 0.3) is 0 Å². The molecule has 0 fully saturated rings. The first-order valence-electron chi connectivity index (χ1n) is 11.5. The molecule has 1 amide bonds. The molecule has 0 atom stereocenters. The molecule has 3 aromatic carbocycles. The van der Waals surface area contributed by atoms with Crippen LogP contribution in [0.3, 0.4) is 0 Å². The summed E-state index contributed by atoms with van der Waals surface area (Å²) in [4.78, 5) is 22.9. The van der Waals surface area contributed by atoms with Crippen LogP contribution in [-0.2, 0) is 0 Å². The molecule has 0 spiro atoms. The van der Waals surface area contributed by atoms with Gasteiger partial charge in [0.05, 0.1) is 22.7 Å². The van der Waals surface area contributed by atoms with Crippen LogP contribution in [0.5, 0.6) is 0 Å². The van der Waals surface area contributed by atoms with Gasteiger partial charge in [-0.05, 0) is 64.1 Å². The number of benzene rings is 3. The van der Waals surface area contributed by atoms with Crippen molar-refractivity contribution in [3.05, 3.63) is 72.3 Å². The summed E-state index contributed by atoms with van der Waals surface area (Å²) in [7, 11) is 0. The molecule has 0 aromatic heterocycles. The van der Waals surface area contributed by atoms with Crippen LogP contribution < -0.4 is 14.7 Å². The number of carbonyl (C=O) groups excluding carboxylic acids is 1. The molecular formula is C27H31N3OS. The Labute approximate surface area is 195 Å². The van der Waals surface area contributed by atoms with E-state index in [-0.39, 0.29) is 5.91 Å². The van der Waals surface area contributed by atoms with Crippen molar-refractivity contribution in [1.29, 1.82) is 0 Å². The first-order chi connectivity index (χ1) is 15.6. The molecule has 0 saturated heterocycles. The van der Waals surface area contributed by atoms with E-state index in [1.807, 2.05) is 47.4 Å². The zero-order chi connectivity index (χ0) is 22.7. The summed E-state index contributed by atoms with van der Waals surface area (Å²) in [6, 6.07) is 22.2. The van der Waals surface area contributed by atoms with Gasteiger partial charge >= 0.3 is 0 Å². The largest absolute Gasteiger partial charge is 0.370 e. The second-order valence-corrected chi connectivity index (χ2v) is 8.78. The summed E-state index contributed by atoms with van der Waals surface area (Å²) < 4.78 is 0. The van der Waals surface area contributed by atoms with Crippen LogP contribution in [0.4, 0.5) is 22.7 Å². The van der Waals surface area contributed by atoms with Gasteiger partial charge in [0, 0.05) is 41.5 Å². The van der Waals surface area contributed by atoms with Gasteiger partial charge in [0.2, 0.25) is 0 Å². The molecule has 0 N–H and O–H groups in total. The van der Waals surface area contributed by atoms with Gasteiger partial charge in [-0.1, -0.05) is 42.1 Å². The summed E-state index contributed by atoms with van der Waals surface area (Å²) in [6.07, 6.45) is 0. The standard InChI is InChI=1S/C27H31N3OS/c1-5-28(6-2)22-18-19-24-26(25(22)29(7-3)8-4)30(21-16-12-13-17-23(21)32-24)27(31)20-14-10-9-11-15-20/h9-19H,5-8H2,1-4H3. The summed E-state index contributed by atoms with van der Waals surface area (Å²) in [5, 5.41) is 0. The van der Waals surface area contributed by atoms with E-state index >= 15 is 0 Å². The van der Waals surface area contributed by atoms with Gasteiger partial charge < -0.3 is 9.80 Å². The van der Waals surface area contributed by atoms with E-state index in [0.717, 1.165) is 53.0 Å². The van der Waals surface area contributed by atoms with Gasteiger partial charge in [0.1, 0.15) is 0 Å². The summed E-state index contributed by atoms with van der Waals surface area (Å²) in [5.74, 6) is 0.00435. The van der Waals surface area contributed by atoms with Crippen molar-refractivity contribution in [2.75, 3.05) is 40.9 Å². The molecule has 0 aliphatic carbocycles. The fourth-order valence-electron chi connectivity index (χ4n) is 4.41. The zero-order valence-electron chi connectivity index (χ0n) is 19.3. The fourth-order valence-corrected chi connectivity index (χ4v) is 5.48. The minimum atomic E-state index is 0.00435. The number of rotatable bonds is 7. The summed E-state index contributed by atoms with van der Waals surface area (Å²) >= 11 is 1.75. The minimum Gasteiger partial charge on any atom is -0.370 e. The molecule has 1 aliphatic heterocycles. The molecule has 0 radical (unpaired) electrons. The van der Waals surface area contributed by atoms with Crippen LogP contribution in [0.1, 0.15) is 38.1 Å². The highest BCUT2D eigenvalue weighted by Gasteiger charge is 2.34.